The first kappa shape index (κ1) is 17.7. The van der Waals surface area contributed by atoms with Crippen molar-refractivity contribution in [3.05, 3.63) is 35.9 Å². The van der Waals surface area contributed by atoms with Gasteiger partial charge in [0.2, 0.25) is 5.91 Å². The summed E-state index contributed by atoms with van der Waals surface area (Å²) in [5.41, 5.74) is 1.28. The molecule has 0 aliphatic heterocycles. The largest absolute Gasteiger partial charge is 0.372 e. The van der Waals surface area contributed by atoms with Gasteiger partial charge in [0.1, 0.15) is 6.61 Å². The molecular formula is C17H28N2O2. The van der Waals surface area contributed by atoms with E-state index in [9.17, 15) is 4.79 Å². The van der Waals surface area contributed by atoms with Crippen molar-refractivity contribution in [2.75, 3.05) is 19.8 Å². The lowest BCUT2D eigenvalue weighted by atomic mass is 10.2. The Morgan fingerprint density at radius 1 is 1.19 bits per heavy atom. The number of hydrogen-bond donors (Lipinski definition) is 2. The van der Waals surface area contributed by atoms with Gasteiger partial charge in [-0.3, -0.25) is 4.79 Å². The minimum atomic E-state index is -0.0130. The van der Waals surface area contributed by atoms with Crippen molar-refractivity contribution < 1.29 is 9.53 Å². The first-order valence-corrected chi connectivity index (χ1v) is 7.88. The van der Waals surface area contributed by atoms with Crippen LogP contribution in [0.3, 0.4) is 0 Å². The Morgan fingerprint density at radius 3 is 2.57 bits per heavy atom. The van der Waals surface area contributed by atoms with Gasteiger partial charge in [0.15, 0.2) is 0 Å². The smallest absolute Gasteiger partial charge is 0.246 e. The summed E-state index contributed by atoms with van der Waals surface area (Å²) in [6.45, 7) is 6.69. The van der Waals surface area contributed by atoms with Crippen molar-refractivity contribution in [2.45, 2.75) is 45.7 Å². The van der Waals surface area contributed by atoms with Crippen LogP contribution in [0, 0.1) is 0 Å². The molecule has 0 fully saturated rings. The lowest BCUT2D eigenvalue weighted by Crippen LogP contribution is -2.36. The van der Waals surface area contributed by atoms with Crippen LogP contribution in [0.4, 0.5) is 0 Å². The van der Waals surface area contributed by atoms with Crippen molar-refractivity contribution in [2.24, 2.45) is 0 Å². The molecule has 0 atom stereocenters. The molecule has 0 spiro atoms. The number of nitrogens with one attached hydrogen (secondary N) is 2. The number of benzene rings is 1. The van der Waals surface area contributed by atoms with E-state index in [-0.39, 0.29) is 18.6 Å². The molecule has 0 radical (unpaired) electrons. The normalized spacial score (nSPS) is 10.8. The fourth-order valence-electron chi connectivity index (χ4n) is 2.05. The van der Waals surface area contributed by atoms with E-state index in [4.69, 9.17) is 4.74 Å². The molecule has 0 heterocycles. The highest BCUT2D eigenvalue weighted by Crippen LogP contribution is 1.97. The lowest BCUT2D eigenvalue weighted by Gasteiger charge is -2.14. The van der Waals surface area contributed by atoms with E-state index in [0.29, 0.717) is 6.61 Å². The van der Waals surface area contributed by atoms with Crippen molar-refractivity contribution in [3.63, 3.8) is 0 Å². The lowest BCUT2D eigenvalue weighted by molar-refractivity contribution is -0.126. The molecule has 0 aromatic heterocycles. The van der Waals surface area contributed by atoms with E-state index in [1.807, 2.05) is 18.2 Å². The van der Waals surface area contributed by atoms with Gasteiger partial charge in [-0.2, -0.15) is 0 Å². The summed E-state index contributed by atoms with van der Waals surface area (Å²) in [5, 5.41) is 6.32. The van der Waals surface area contributed by atoms with Gasteiger partial charge >= 0.3 is 0 Å². The Kier molecular flexibility index (Phi) is 9.49. The summed E-state index contributed by atoms with van der Waals surface area (Å²) in [4.78, 5) is 11.6. The summed E-state index contributed by atoms with van der Waals surface area (Å²) in [7, 11) is 0. The zero-order valence-corrected chi connectivity index (χ0v) is 13.2. The van der Waals surface area contributed by atoms with Crippen LogP contribution in [0.1, 0.15) is 38.7 Å². The number of rotatable bonds is 11. The molecule has 0 unspecified atom stereocenters. The van der Waals surface area contributed by atoms with Crippen LogP contribution in [0.2, 0.25) is 0 Å². The molecule has 0 bridgehead atoms. The second-order valence-electron chi connectivity index (χ2n) is 5.15. The molecule has 118 valence electrons. The van der Waals surface area contributed by atoms with Crippen molar-refractivity contribution in [1.82, 2.24) is 10.6 Å². The maximum Gasteiger partial charge on any atom is 0.246 e. The number of hydrogen-bond acceptors (Lipinski definition) is 3. The standard InChI is InChI=1S/C17H28N2O2/c1-3-16(4-2)19-17(20)14-21-12-8-11-18-13-15-9-6-5-7-10-15/h5-7,9-10,16,18H,3-4,8,11-14H2,1-2H3,(H,19,20). The average molecular weight is 292 g/mol. The summed E-state index contributed by atoms with van der Waals surface area (Å²) < 4.78 is 5.39. The number of carbonyl (C=O) groups is 1. The van der Waals surface area contributed by atoms with Crippen molar-refractivity contribution in [1.29, 1.82) is 0 Å². The van der Waals surface area contributed by atoms with Gasteiger partial charge in [0, 0.05) is 19.2 Å². The van der Waals surface area contributed by atoms with Gasteiger partial charge in [-0.05, 0) is 31.4 Å². The minimum absolute atomic E-state index is 0.0130. The molecule has 1 rings (SSSR count). The summed E-state index contributed by atoms with van der Waals surface area (Å²) in [5.74, 6) is -0.0130. The predicted octanol–water partition coefficient (Wildman–Crippen LogP) is 2.49. The highest BCUT2D eigenvalue weighted by molar-refractivity contribution is 5.77. The van der Waals surface area contributed by atoms with Gasteiger partial charge < -0.3 is 15.4 Å². The fraction of sp³-hybridized carbons (Fsp3) is 0.588. The van der Waals surface area contributed by atoms with Crippen LogP contribution in [0.5, 0.6) is 0 Å². The Bertz CT molecular complexity index is 378. The topological polar surface area (TPSA) is 50.4 Å². The van der Waals surface area contributed by atoms with Crippen LogP contribution < -0.4 is 10.6 Å². The molecule has 2 N–H and O–H groups in total. The highest BCUT2D eigenvalue weighted by Gasteiger charge is 2.07. The van der Waals surface area contributed by atoms with Crippen molar-refractivity contribution in [3.8, 4) is 0 Å². The second kappa shape index (κ2) is 11.3. The average Bonchev–Trinajstić information content (AvgIpc) is 2.52. The molecule has 0 aliphatic carbocycles. The molecule has 0 aliphatic rings. The molecule has 4 nitrogen and oxygen atoms in total. The van der Waals surface area contributed by atoms with Gasteiger partial charge in [0.25, 0.3) is 0 Å². The predicted molar refractivity (Wildman–Crippen MR) is 86.1 cm³/mol. The van der Waals surface area contributed by atoms with Crippen LogP contribution in [0.15, 0.2) is 30.3 Å². The molecule has 4 heteroatoms. The molecule has 1 aromatic rings. The summed E-state index contributed by atoms with van der Waals surface area (Å²) in [6.07, 6.45) is 2.84. The third-order valence-electron chi connectivity index (χ3n) is 3.40. The van der Waals surface area contributed by atoms with Crippen LogP contribution in [-0.4, -0.2) is 31.7 Å². The van der Waals surface area contributed by atoms with Gasteiger partial charge in [-0.25, -0.2) is 0 Å². The molecule has 21 heavy (non-hydrogen) atoms. The van der Waals surface area contributed by atoms with Crippen LogP contribution in [0.25, 0.3) is 0 Å². The van der Waals surface area contributed by atoms with E-state index in [2.05, 4.69) is 36.6 Å². The van der Waals surface area contributed by atoms with Crippen LogP contribution in [-0.2, 0) is 16.1 Å². The SMILES string of the molecule is CCC(CC)NC(=O)COCCCNCc1ccccc1. The molecular weight excluding hydrogens is 264 g/mol. The van der Waals surface area contributed by atoms with Crippen molar-refractivity contribution >= 4 is 5.91 Å². The zero-order chi connectivity index (χ0) is 15.3. The maximum absolute atomic E-state index is 11.6. The van der Waals surface area contributed by atoms with Gasteiger partial charge in [0.05, 0.1) is 0 Å². The molecule has 1 aromatic carbocycles. The zero-order valence-electron chi connectivity index (χ0n) is 13.2. The van der Waals surface area contributed by atoms with E-state index in [0.717, 1.165) is 32.4 Å². The van der Waals surface area contributed by atoms with E-state index in [1.54, 1.807) is 0 Å². The second-order valence-corrected chi connectivity index (χ2v) is 5.15. The molecule has 0 saturated carbocycles. The maximum atomic E-state index is 11.6. The van der Waals surface area contributed by atoms with Gasteiger partial charge in [-0.1, -0.05) is 44.2 Å². The Labute approximate surface area is 128 Å². The Morgan fingerprint density at radius 2 is 1.90 bits per heavy atom. The third-order valence-corrected chi connectivity index (χ3v) is 3.40. The monoisotopic (exact) mass is 292 g/mol. The van der Waals surface area contributed by atoms with E-state index in [1.165, 1.54) is 5.56 Å². The molecule has 0 saturated heterocycles. The Hall–Kier alpha value is -1.39. The fourth-order valence-corrected chi connectivity index (χ4v) is 2.05. The quantitative estimate of drug-likeness (QED) is 0.616. The number of amides is 1. The minimum Gasteiger partial charge on any atom is -0.372 e. The third kappa shape index (κ3) is 8.48. The summed E-state index contributed by atoms with van der Waals surface area (Å²) in [6, 6.07) is 10.6. The number of carbonyl (C=O) groups excluding carboxylic acids is 1. The summed E-state index contributed by atoms with van der Waals surface area (Å²) >= 11 is 0. The van der Waals surface area contributed by atoms with E-state index >= 15 is 0 Å². The molecule has 1 amide bonds. The Balaban J connectivity index is 1.96. The first-order valence-electron chi connectivity index (χ1n) is 7.88. The van der Waals surface area contributed by atoms with Crippen LogP contribution >= 0.6 is 0 Å². The van der Waals surface area contributed by atoms with E-state index < -0.39 is 0 Å². The first-order chi connectivity index (χ1) is 10.3. The van der Waals surface area contributed by atoms with Gasteiger partial charge in [-0.15, -0.1) is 0 Å². The number of ether oxygens (including phenoxy) is 1. The highest BCUT2D eigenvalue weighted by atomic mass is 16.5.